The quantitative estimate of drug-likeness (QED) is 0.669. The molecule has 4 N–H and O–H groups in total. The molecular formula is C13H19N3O2S. The molecule has 0 bridgehead atoms. The first-order valence-electron chi connectivity index (χ1n) is 5.97. The molecule has 5 nitrogen and oxygen atoms in total. The molecular weight excluding hydrogens is 262 g/mol. The Hall–Kier alpha value is -1.53. The summed E-state index contributed by atoms with van der Waals surface area (Å²) in [5, 5.41) is 5.24. The minimum atomic E-state index is -0.341. The zero-order valence-corrected chi connectivity index (χ0v) is 11.9. The zero-order chi connectivity index (χ0) is 14.3. The molecule has 6 heteroatoms. The van der Waals surface area contributed by atoms with E-state index < -0.39 is 0 Å². The van der Waals surface area contributed by atoms with E-state index in [-0.39, 0.29) is 30.9 Å². The summed E-state index contributed by atoms with van der Waals surface area (Å²) in [6, 6.07) is 7.89. The first-order valence-corrected chi connectivity index (χ1v) is 7.19. The van der Waals surface area contributed by atoms with E-state index in [4.69, 9.17) is 5.73 Å². The molecule has 0 aromatic heterocycles. The van der Waals surface area contributed by atoms with Gasteiger partial charge in [0.1, 0.15) is 0 Å². The molecule has 104 valence electrons. The lowest BCUT2D eigenvalue weighted by Crippen LogP contribution is -2.40. The Morgan fingerprint density at radius 2 is 1.89 bits per heavy atom. The summed E-state index contributed by atoms with van der Waals surface area (Å²) in [5.41, 5.74) is 6.16. The molecule has 0 heterocycles. The van der Waals surface area contributed by atoms with Crippen molar-refractivity contribution in [3.05, 3.63) is 29.8 Å². The molecule has 1 aromatic rings. The fourth-order valence-electron chi connectivity index (χ4n) is 1.52. The monoisotopic (exact) mass is 281 g/mol. The first-order chi connectivity index (χ1) is 9.06. The molecule has 0 aliphatic heterocycles. The third-order valence-corrected chi connectivity index (χ3v) is 3.37. The van der Waals surface area contributed by atoms with Crippen molar-refractivity contribution in [2.45, 2.75) is 17.9 Å². The minimum absolute atomic E-state index is 0.0523. The minimum Gasteiger partial charge on any atom is -0.348 e. The smallest absolute Gasteiger partial charge is 0.239 e. The lowest BCUT2D eigenvalue weighted by atomic mass is 10.1. The van der Waals surface area contributed by atoms with Crippen molar-refractivity contribution >= 4 is 23.6 Å². The lowest BCUT2D eigenvalue weighted by molar-refractivity contribution is -0.125. The van der Waals surface area contributed by atoms with E-state index in [9.17, 15) is 9.59 Å². The number of amides is 2. The van der Waals surface area contributed by atoms with Crippen LogP contribution in [0.3, 0.4) is 0 Å². The molecule has 1 aromatic carbocycles. The van der Waals surface area contributed by atoms with E-state index in [1.807, 2.05) is 37.4 Å². The van der Waals surface area contributed by atoms with Gasteiger partial charge < -0.3 is 16.4 Å². The van der Waals surface area contributed by atoms with Gasteiger partial charge in [-0.25, -0.2) is 0 Å². The molecule has 19 heavy (non-hydrogen) atoms. The summed E-state index contributed by atoms with van der Waals surface area (Å²) in [7, 11) is 0. The van der Waals surface area contributed by atoms with Crippen molar-refractivity contribution < 1.29 is 9.59 Å². The van der Waals surface area contributed by atoms with Crippen LogP contribution in [0.1, 0.15) is 18.5 Å². The number of hydrogen-bond acceptors (Lipinski definition) is 4. The van der Waals surface area contributed by atoms with Crippen LogP contribution in [-0.2, 0) is 9.59 Å². The van der Waals surface area contributed by atoms with Crippen LogP contribution < -0.4 is 16.4 Å². The van der Waals surface area contributed by atoms with E-state index in [0.29, 0.717) is 0 Å². The maximum absolute atomic E-state index is 11.6. The number of thioether (sulfide) groups is 1. The highest BCUT2D eigenvalue weighted by molar-refractivity contribution is 7.98. The predicted molar refractivity (Wildman–Crippen MR) is 76.8 cm³/mol. The highest BCUT2D eigenvalue weighted by atomic mass is 32.2. The van der Waals surface area contributed by atoms with Crippen LogP contribution in [0.5, 0.6) is 0 Å². The Morgan fingerprint density at radius 1 is 1.26 bits per heavy atom. The third kappa shape index (κ3) is 5.32. The van der Waals surface area contributed by atoms with Crippen molar-refractivity contribution in [2.75, 3.05) is 19.3 Å². The standard InChI is InChI=1S/C13H19N3O2S/c1-9(10-3-5-11(19-2)6-4-10)16-13(18)8-15-12(17)7-14/h3-6,9H,7-8,14H2,1-2H3,(H,15,17)(H,16,18). The maximum Gasteiger partial charge on any atom is 0.239 e. The van der Waals surface area contributed by atoms with Crippen molar-refractivity contribution in [2.24, 2.45) is 5.73 Å². The molecule has 0 saturated heterocycles. The largest absolute Gasteiger partial charge is 0.348 e. The Morgan fingerprint density at radius 3 is 2.42 bits per heavy atom. The van der Waals surface area contributed by atoms with Crippen LogP contribution in [0.2, 0.25) is 0 Å². The Bertz CT molecular complexity index is 434. The van der Waals surface area contributed by atoms with Crippen LogP contribution in [0.25, 0.3) is 0 Å². The van der Waals surface area contributed by atoms with Gasteiger partial charge in [0.2, 0.25) is 11.8 Å². The summed E-state index contributed by atoms with van der Waals surface area (Å²) >= 11 is 1.67. The third-order valence-electron chi connectivity index (χ3n) is 2.62. The van der Waals surface area contributed by atoms with Crippen molar-refractivity contribution in [3.63, 3.8) is 0 Å². The fourth-order valence-corrected chi connectivity index (χ4v) is 1.93. The number of hydrogen-bond donors (Lipinski definition) is 3. The Kier molecular flexibility index (Phi) is 6.38. The van der Waals surface area contributed by atoms with Crippen LogP contribution in [-0.4, -0.2) is 31.2 Å². The van der Waals surface area contributed by atoms with Gasteiger partial charge in [0.15, 0.2) is 0 Å². The molecule has 1 atom stereocenters. The second-order valence-corrected chi connectivity index (χ2v) is 4.92. The summed E-state index contributed by atoms with van der Waals surface area (Å²) < 4.78 is 0. The SMILES string of the molecule is CSc1ccc(C(C)NC(=O)CNC(=O)CN)cc1. The molecule has 0 spiro atoms. The van der Waals surface area contributed by atoms with E-state index in [1.165, 1.54) is 4.90 Å². The average molecular weight is 281 g/mol. The predicted octanol–water partition coefficient (Wildman–Crippen LogP) is 0.661. The van der Waals surface area contributed by atoms with Crippen molar-refractivity contribution in [3.8, 4) is 0 Å². The first kappa shape index (κ1) is 15.5. The summed E-state index contributed by atoms with van der Waals surface area (Å²) in [6.07, 6.45) is 2.01. The van der Waals surface area contributed by atoms with Gasteiger partial charge in [-0.1, -0.05) is 12.1 Å². The second-order valence-electron chi connectivity index (χ2n) is 4.04. The van der Waals surface area contributed by atoms with Crippen LogP contribution >= 0.6 is 11.8 Å². The van der Waals surface area contributed by atoms with Gasteiger partial charge in [-0.3, -0.25) is 9.59 Å². The van der Waals surface area contributed by atoms with Gasteiger partial charge in [0.05, 0.1) is 19.1 Å². The van der Waals surface area contributed by atoms with Gasteiger partial charge in [-0.15, -0.1) is 11.8 Å². The van der Waals surface area contributed by atoms with E-state index in [0.717, 1.165) is 5.56 Å². The van der Waals surface area contributed by atoms with Crippen LogP contribution in [0.15, 0.2) is 29.2 Å². The van der Waals surface area contributed by atoms with E-state index in [1.54, 1.807) is 11.8 Å². The fraction of sp³-hybridized carbons (Fsp3) is 0.385. The summed E-state index contributed by atoms with van der Waals surface area (Å²) in [4.78, 5) is 23.7. The average Bonchev–Trinajstić information content (AvgIpc) is 2.44. The van der Waals surface area contributed by atoms with Gasteiger partial charge >= 0.3 is 0 Å². The van der Waals surface area contributed by atoms with Crippen LogP contribution in [0.4, 0.5) is 0 Å². The molecule has 0 fully saturated rings. The van der Waals surface area contributed by atoms with Gasteiger partial charge in [0, 0.05) is 4.90 Å². The zero-order valence-electron chi connectivity index (χ0n) is 11.1. The highest BCUT2D eigenvalue weighted by Gasteiger charge is 2.10. The Labute approximate surface area is 117 Å². The molecule has 0 radical (unpaired) electrons. The molecule has 0 saturated carbocycles. The maximum atomic E-state index is 11.6. The highest BCUT2D eigenvalue weighted by Crippen LogP contribution is 2.18. The van der Waals surface area contributed by atoms with Crippen LogP contribution in [0, 0.1) is 0 Å². The topological polar surface area (TPSA) is 84.2 Å². The number of nitrogens with two attached hydrogens (primary N) is 1. The van der Waals surface area contributed by atoms with E-state index >= 15 is 0 Å². The molecule has 0 aliphatic rings. The molecule has 1 rings (SSSR count). The Balaban J connectivity index is 2.46. The summed E-state index contributed by atoms with van der Waals surface area (Å²) in [6.45, 7) is 1.74. The van der Waals surface area contributed by atoms with E-state index in [2.05, 4.69) is 10.6 Å². The molecule has 1 unspecified atom stereocenters. The van der Waals surface area contributed by atoms with Gasteiger partial charge in [0.25, 0.3) is 0 Å². The molecule has 2 amide bonds. The lowest BCUT2D eigenvalue weighted by Gasteiger charge is -2.15. The number of rotatable bonds is 6. The van der Waals surface area contributed by atoms with Gasteiger partial charge in [-0.05, 0) is 30.9 Å². The second kappa shape index (κ2) is 7.81. The van der Waals surface area contributed by atoms with Crippen molar-refractivity contribution in [1.29, 1.82) is 0 Å². The number of nitrogens with one attached hydrogen (secondary N) is 2. The number of carbonyl (C=O) groups excluding carboxylic acids is 2. The van der Waals surface area contributed by atoms with Crippen molar-refractivity contribution in [1.82, 2.24) is 10.6 Å². The summed E-state index contributed by atoms with van der Waals surface area (Å²) in [5.74, 6) is -0.574. The normalized spacial score (nSPS) is 11.7. The van der Waals surface area contributed by atoms with Gasteiger partial charge in [-0.2, -0.15) is 0 Å². The number of carbonyl (C=O) groups is 2. The number of benzene rings is 1. The molecule has 0 aliphatic carbocycles.